The number of nitrogens with zero attached hydrogens (tertiary/aromatic N) is 4. The first-order valence-electron chi connectivity index (χ1n) is 12.4. The molecule has 3 N–H and O–H groups in total. The first-order valence-corrected chi connectivity index (χ1v) is 12.4. The van der Waals surface area contributed by atoms with Crippen molar-refractivity contribution in [3.8, 4) is 22.4 Å². The summed E-state index contributed by atoms with van der Waals surface area (Å²) in [5.74, 6) is 0.653. The number of hydrogen-bond acceptors (Lipinski definition) is 7. The number of nitrogens with two attached hydrogens (primary N) is 1. The highest BCUT2D eigenvalue weighted by atomic mass is 16.6. The molecule has 8 nitrogen and oxygen atoms in total. The van der Waals surface area contributed by atoms with Crippen LogP contribution < -0.4 is 11.1 Å². The van der Waals surface area contributed by atoms with Gasteiger partial charge in [-0.2, -0.15) is 0 Å². The average molecular weight is 497 g/mol. The lowest BCUT2D eigenvalue weighted by Crippen LogP contribution is -2.27. The fourth-order valence-electron chi connectivity index (χ4n) is 4.67. The van der Waals surface area contributed by atoms with Gasteiger partial charge in [0.1, 0.15) is 5.60 Å². The minimum Gasteiger partial charge on any atom is -0.444 e. The van der Waals surface area contributed by atoms with Gasteiger partial charge in [0.25, 0.3) is 0 Å². The maximum Gasteiger partial charge on any atom is 0.405 e. The molecule has 6 rings (SSSR count). The van der Waals surface area contributed by atoms with E-state index in [2.05, 4.69) is 64.2 Å². The van der Waals surface area contributed by atoms with Crippen LogP contribution in [-0.2, 0) is 17.7 Å². The number of ether oxygens (including phenoxy) is 1. The van der Waals surface area contributed by atoms with Crippen LogP contribution in [0.15, 0.2) is 48.8 Å². The Morgan fingerprint density at radius 3 is 2.54 bits per heavy atom. The number of aryl methyl sites for hydroxylation is 1. The number of benzene rings is 2. The third kappa shape index (κ3) is 5.39. The lowest BCUT2D eigenvalue weighted by Gasteiger charge is -2.25. The van der Waals surface area contributed by atoms with Crippen molar-refractivity contribution in [1.29, 1.82) is 0 Å². The van der Waals surface area contributed by atoms with Crippen molar-refractivity contribution in [3.63, 3.8) is 0 Å². The second-order valence-corrected chi connectivity index (χ2v) is 10.6. The van der Waals surface area contributed by atoms with Crippen LogP contribution in [-0.4, -0.2) is 45.1 Å². The van der Waals surface area contributed by atoms with Gasteiger partial charge in [-0.3, -0.25) is 4.98 Å². The third-order valence-corrected chi connectivity index (χ3v) is 6.44. The van der Waals surface area contributed by atoms with E-state index in [9.17, 15) is 4.79 Å². The van der Waals surface area contributed by atoms with Gasteiger partial charge < -0.3 is 20.7 Å². The minimum atomic E-state index is -0.725. The number of primary amides is 1. The van der Waals surface area contributed by atoms with E-state index in [1.54, 1.807) is 20.8 Å². The summed E-state index contributed by atoms with van der Waals surface area (Å²) in [6.45, 7) is 9.50. The smallest absolute Gasteiger partial charge is 0.405 e. The Kier molecular flexibility index (Phi) is 6.29. The maximum atomic E-state index is 10.0. The van der Waals surface area contributed by atoms with Gasteiger partial charge >= 0.3 is 6.09 Å². The quantitative estimate of drug-likeness (QED) is 0.335. The van der Waals surface area contributed by atoms with E-state index in [0.29, 0.717) is 5.95 Å². The molecule has 0 unspecified atom stereocenters. The van der Waals surface area contributed by atoms with Crippen molar-refractivity contribution in [3.05, 3.63) is 65.5 Å². The summed E-state index contributed by atoms with van der Waals surface area (Å²) >= 11 is 0. The van der Waals surface area contributed by atoms with E-state index in [-0.39, 0.29) is 0 Å². The molecule has 0 bridgehead atoms. The van der Waals surface area contributed by atoms with Gasteiger partial charge in [-0.15, -0.1) is 0 Å². The molecule has 1 aliphatic carbocycles. The molecule has 0 spiro atoms. The Bertz CT molecular complexity index is 1510. The number of anilines is 2. The second-order valence-electron chi connectivity index (χ2n) is 10.6. The number of rotatable bonds is 3. The van der Waals surface area contributed by atoms with Crippen molar-refractivity contribution in [2.45, 2.75) is 46.3 Å². The summed E-state index contributed by atoms with van der Waals surface area (Å²) in [7, 11) is 2.17. The van der Waals surface area contributed by atoms with Crippen molar-refractivity contribution in [2.24, 2.45) is 5.73 Å². The molecular weight excluding hydrogens is 464 g/mol. The summed E-state index contributed by atoms with van der Waals surface area (Å²) in [6.07, 6.45) is 4.13. The summed E-state index contributed by atoms with van der Waals surface area (Å²) in [5.41, 5.74) is 14.8. The predicted octanol–water partition coefficient (Wildman–Crippen LogP) is 5.59. The monoisotopic (exact) mass is 496 g/mol. The lowest BCUT2D eigenvalue weighted by atomic mass is 9.99. The van der Waals surface area contributed by atoms with E-state index in [1.807, 2.05) is 18.5 Å². The number of nitrogens with one attached hydrogen (secondary N) is 1. The van der Waals surface area contributed by atoms with Crippen molar-refractivity contribution < 1.29 is 9.53 Å². The molecule has 2 aromatic carbocycles. The van der Waals surface area contributed by atoms with Gasteiger partial charge in [-0.05, 0) is 76.1 Å². The number of aromatic nitrogens is 3. The summed E-state index contributed by atoms with van der Waals surface area (Å²) in [5, 5.41) is 4.63. The molecule has 8 heteroatoms. The van der Waals surface area contributed by atoms with Gasteiger partial charge in [-0.1, -0.05) is 18.2 Å². The number of hydrogen-bond donors (Lipinski definition) is 2. The highest BCUT2D eigenvalue weighted by Crippen LogP contribution is 2.48. The molecule has 190 valence electrons. The van der Waals surface area contributed by atoms with E-state index in [1.165, 1.54) is 27.6 Å². The van der Waals surface area contributed by atoms with Crippen LogP contribution >= 0.6 is 0 Å². The lowest BCUT2D eigenvalue weighted by molar-refractivity contribution is 0.0600. The fraction of sp³-hybridized carbons (Fsp3) is 0.310. The van der Waals surface area contributed by atoms with Gasteiger partial charge in [0.05, 0.1) is 11.2 Å². The topological polar surface area (TPSA) is 106 Å². The molecule has 1 amide bonds. The number of fused-ring (bicyclic) bond motifs is 2. The second kappa shape index (κ2) is 9.44. The van der Waals surface area contributed by atoms with Crippen LogP contribution in [0.3, 0.4) is 0 Å². The Balaban J connectivity index is 0.000000307. The molecule has 0 radical (unpaired) electrons. The minimum absolute atomic E-state index is 0.453. The van der Waals surface area contributed by atoms with Crippen LogP contribution in [0.1, 0.15) is 37.5 Å². The largest absolute Gasteiger partial charge is 0.444 e. The Morgan fingerprint density at radius 1 is 1.05 bits per heavy atom. The van der Waals surface area contributed by atoms with Gasteiger partial charge in [-0.25, -0.2) is 14.8 Å². The number of likely N-dealkylation sites (N-methyl/N-ethyl adjacent to an activating group) is 1. The molecule has 0 saturated carbocycles. The summed E-state index contributed by atoms with van der Waals surface area (Å²) in [4.78, 5) is 26.3. The number of pyridine rings is 1. The third-order valence-electron chi connectivity index (χ3n) is 6.44. The van der Waals surface area contributed by atoms with E-state index >= 15 is 0 Å². The summed E-state index contributed by atoms with van der Waals surface area (Å²) < 4.78 is 4.58. The Hall–Kier alpha value is -4.04. The van der Waals surface area contributed by atoms with Crippen LogP contribution in [0.25, 0.3) is 33.3 Å². The highest BCUT2D eigenvalue weighted by molar-refractivity contribution is 6.21. The van der Waals surface area contributed by atoms with Gasteiger partial charge in [0, 0.05) is 53.2 Å². The fourth-order valence-corrected chi connectivity index (χ4v) is 4.67. The van der Waals surface area contributed by atoms with E-state index in [4.69, 9.17) is 15.7 Å². The molecule has 0 fully saturated rings. The van der Waals surface area contributed by atoms with Crippen LogP contribution in [0.2, 0.25) is 0 Å². The van der Waals surface area contributed by atoms with E-state index < -0.39 is 11.7 Å². The molecule has 37 heavy (non-hydrogen) atoms. The normalized spacial score (nSPS) is 13.9. The van der Waals surface area contributed by atoms with Crippen molar-refractivity contribution in [1.82, 2.24) is 19.9 Å². The molecular formula is C29H32N6O2. The highest BCUT2D eigenvalue weighted by Gasteiger charge is 2.28. The zero-order chi connectivity index (χ0) is 26.3. The zero-order valence-electron chi connectivity index (χ0n) is 21.9. The number of carbonyl (C=O) groups is 1. The molecule has 2 aliphatic rings. The first-order chi connectivity index (χ1) is 17.6. The van der Waals surface area contributed by atoms with Crippen LogP contribution in [0, 0.1) is 6.92 Å². The van der Waals surface area contributed by atoms with Crippen LogP contribution in [0.5, 0.6) is 0 Å². The number of amides is 1. The predicted molar refractivity (Wildman–Crippen MR) is 147 cm³/mol. The SMILES string of the molecule is CC(C)(C)OC(N)=O.Cc1ccncc1-c1ccc2c3c-2nc(Nc2ccc4c(c2)CN(C)CC4)nc13. The average Bonchev–Trinajstić information content (AvgIpc) is 3.52. The van der Waals surface area contributed by atoms with Gasteiger partial charge in [0.15, 0.2) is 0 Å². The number of carbonyl (C=O) groups excluding carboxylic acids is 1. The standard InChI is InChI=1S/C24H21N5.C5H11NO2/c1-14-7-9-25-12-20(14)18-5-6-19-21-22(18)27-24(28-23(19)21)26-17-4-3-15-8-10-29(2)13-16(15)11-17;1-5(2,3)8-4(6)7/h3-7,9,11-12H,8,10,13H2,1-2H3,(H,26,27,28);1-3H3,(H2,6,7). The first kappa shape index (κ1) is 24.6. The zero-order valence-corrected chi connectivity index (χ0v) is 21.9. The van der Waals surface area contributed by atoms with Crippen molar-refractivity contribution in [2.75, 3.05) is 18.9 Å². The molecule has 2 aromatic heterocycles. The van der Waals surface area contributed by atoms with Crippen LogP contribution in [0.4, 0.5) is 16.4 Å². The Labute approximate surface area is 216 Å². The molecule has 3 heterocycles. The molecule has 0 saturated heterocycles. The molecule has 1 aliphatic heterocycles. The maximum absolute atomic E-state index is 10.0. The van der Waals surface area contributed by atoms with Crippen molar-refractivity contribution >= 4 is 28.6 Å². The molecule has 0 atom stereocenters. The van der Waals surface area contributed by atoms with E-state index in [0.717, 1.165) is 47.5 Å². The Morgan fingerprint density at radius 2 is 1.84 bits per heavy atom. The van der Waals surface area contributed by atoms with Gasteiger partial charge in [0.2, 0.25) is 5.95 Å². The summed E-state index contributed by atoms with van der Waals surface area (Å²) in [6, 6.07) is 12.9. The molecule has 4 aromatic rings.